The molecule has 12 atom stereocenters. The molecule has 0 aromatic heterocycles. The second kappa shape index (κ2) is 13.9. The van der Waals surface area contributed by atoms with Crippen molar-refractivity contribution in [3.05, 3.63) is 53.3 Å². The number of benzene rings is 2. The van der Waals surface area contributed by atoms with Crippen LogP contribution >= 0.6 is 0 Å². The second-order valence-electron chi connectivity index (χ2n) is 11.8. The lowest BCUT2D eigenvalue weighted by atomic mass is 9.98. The molecule has 49 heavy (non-hydrogen) atoms. The number of esters is 2. The van der Waals surface area contributed by atoms with Gasteiger partial charge >= 0.3 is 11.9 Å². The van der Waals surface area contributed by atoms with Crippen molar-refractivity contribution in [3.63, 3.8) is 0 Å². The number of aliphatic hydroxyl groups is 8. The van der Waals surface area contributed by atoms with Crippen molar-refractivity contribution in [1.29, 1.82) is 0 Å². The van der Waals surface area contributed by atoms with Gasteiger partial charge in [-0.15, -0.1) is 0 Å². The number of ether oxygens (including phenoxy) is 7. The molecular weight excluding hydrogens is 660 g/mol. The molecule has 4 heterocycles. The minimum atomic E-state index is -2.05. The fraction of sp³-hybridized carbons (Fsp3) is 0.484. The number of rotatable bonds is 1. The van der Waals surface area contributed by atoms with Crippen molar-refractivity contribution in [2.75, 3.05) is 13.2 Å². The van der Waals surface area contributed by atoms with Gasteiger partial charge in [-0.2, -0.15) is 0 Å². The van der Waals surface area contributed by atoms with Crippen molar-refractivity contribution in [2.24, 2.45) is 0 Å². The average Bonchev–Trinajstić information content (AvgIpc) is 3.07. The van der Waals surface area contributed by atoms with Crippen LogP contribution < -0.4 is 4.74 Å². The van der Waals surface area contributed by atoms with E-state index >= 15 is 0 Å². The monoisotopic (exact) mass is 695 g/mol. The Balaban J connectivity index is 1.42. The van der Waals surface area contributed by atoms with Crippen LogP contribution in [-0.4, -0.2) is 143 Å². The number of cyclic esters (lactones) is 2. The highest BCUT2D eigenvalue weighted by Crippen LogP contribution is 2.46. The Labute approximate surface area is 276 Å². The quantitative estimate of drug-likeness (QED) is 0.108. The van der Waals surface area contributed by atoms with Crippen LogP contribution in [0.25, 0.3) is 6.08 Å². The molecule has 2 aromatic rings. The highest BCUT2D eigenvalue weighted by Gasteiger charge is 2.49. The molecule has 2 saturated heterocycles. The smallest absolute Gasteiger partial charge is 0.335 e. The predicted molar refractivity (Wildman–Crippen MR) is 156 cm³/mol. The molecule has 266 valence electrons. The van der Waals surface area contributed by atoms with E-state index in [0.29, 0.717) is 5.56 Å². The summed E-state index contributed by atoms with van der Waals surface area (Å²) >= 11 is 0. The molecule has 4 aliphatic rings. The number of phenolic OH excluding ortho intramolecular Hbond substituents is 2. The van der Waals surface area contributed by atoms with Gasteiger partial charge in [0.1, 0.15) is 84.9 Å². The Kier molecular flexibility index (Phi) is 9.85. The summed E-state index contributed by atoms with van der Waals surface area (Å²) in [6, 6.07) is 8.22. The van der Waals surface area contributed by atoms with Gasteiger partial charge in [0.25, 0.3) is 11.9 Å². The van der Waals surface area contributed by atoms with Gasteiger partial charge in [0.2, 0.25) is 12.6 Å². The van der Waals surface area contributed by atoms with Gasteiger partial charge in [-0.25, -0.2) is 4.79 Å². The van der Waals surface area contributed by atoms with Crippen LogP contribution in [0.1, 0.15) is 23.7 Å². The van der Waals surface area contributed by atoms with E-state index < -0.39 is 105 Å². The maximum atomic E-state index is 12.4. The normalized spacial score (nSPS) is 36.8. The van der Waals surface area contributed by atoms with Gasteiger partial charge in [-0.3, -0.25) is 4.79 Å². The number of aliphatic hydroxyl groups excluding tert-OH is 7. The third-order valence-corrected chi connectivity index (χ3v) is 8.40. The molecule has 2 fully saturated rings. The lowest BCUT2D eigenvalue weighted by Crippen LogP contribution is -2.60. The van der Waals surface area contributed by atoms with Gasteiger partial charge in [0.05, 0.1) is 18.1 Å². The number of aromatic hydroxyl groups is 3. The first kappa shape index (κ1) is 34.6. The highest BCUT2D eigenvalue weighted by atomic mass is 16.7. The number of fused-ring (bicyclic) bond motifs is 4. The molecule has 6 rings (SSSR count). The molecule has 10 N–H and O–H groups in total. The molecule has 0 spiro atoms. The molecule has 0 saturated carbocycles. The summed E-state index contributed by atoms with van der Waals surface area (Å²) in [5.74, 6) is -2.97. The van der Waals surface area contributed by atoms with E-state index in [4.69, 9.17) is 28.4 Å². The zero-order chi connectivity index (χ0) is 35.1. The second-order valence-corrected chi connectivity index (χ2v) is 11.8. The van der Waals surface area contributed by atoms with Crippen molar-refractivity contribution in [1.82, 2.24) is 0 Å². The first-order valence-corrected chi connectivity index (χ1v) is 15.1. The first-order chi connectivity index (χ1) is 23.3. The van der Waals surface area contributed by atoms with Crippen LogP contribution in [0, 0.1) is 0 Å². The zero-order valence-corrected chi connectivity index (χ0v) is 25.3. The van der Waals surface area contributed by atoms with Gasteiger partial charge in [-0.1, -0.05) is 0 Å². The summed E-state index contributed by atoms with van der Waals surface area (Å²) in [5, 5.41) is 94.5. The van der Waals surface area contributed by atoms with E-state index in [1.165, 1.54) is 36.4 Å². The van der Waals surface area contributed by atoms with E-state index in [-0.39, 0.29) is 34.3 Å². The predicted octanol–water partition coefficient (Wildman–Crippen LogP) is -2.70. The molecule has 18 heteroatoms. The average molecular weight is 696 g/mol. The minimum absolute atomic E-state index is 0.0417. The number of phenols is 2. The van der Waals surface area contributed by atoms with Crippen LogP contribution in [0.2, 0.25) is 0 Å². The highest BCUT2D eigenvalue weighted by molar-refractivity contribution is 5.81. The van der Waals surface area contributed by atoms with Crippen LogP contribution in [0.15, 0.2) is 42.2 Å². The standard InChI is InChI=1S/C31H34O18/c32-12-3-1-11(2-4-12)28-18-7-14-16(45-28)5-13(33)6-17(14)46-30-26(40)25(39)23(37)20(49-30)10-44-29(42)15(34)8-21(35)43-9-19-22(36)24(38)27(41)31(47-18)48-19/h1-7,15,19-20,22-28,30-34,36-41H,8-10H2/p+1. The molecule has 18 nitrogen and oxygen atoms in total. The Morgan fingerprint density at radius 3 is 1.90 bits per heavy atom. The summed E-state index contributed by atoms with van der Waals surface area (Å²) in [6.07, 6.45) is -20.1. The van der Waals surface area contributed by atoms with Crippen LogP contribution in [-0.2, 0) is 33.3 Å². The van der Waals surface area contributed by atoms with Crippen LogP contribution in [0.4, 0.5) is 0 Å². The minimum Gasteiger partial charge on any atom is -0.571 e. The van der Waals surface area contributed by atoms with E-state index in [1.807, 2.05) is 0 Å². The van der Waals surface area contributed by atoms with Crippen molar-refractivity contribution >= 4 is 18.0 Å². The largest absolute Gasteiger partial charge is 0.571 e. The molecule has 0 radical (unpaired) electrons. The Morgan fingerprint density at radius 2 is 1.27 bits per heavy atom. The van der Waals surface area contributed by atoms with Crippen molar-refractivity contribution < 1.29 is 88.7 Å². The van der Waals surface area contributed by atoms with Crippen LogP contribution in [0.5, 0.6) is 23.0 Å². The van der Waals surface area contributed by atoms with E-state index in [0.717, 1.165) is 6.07 Å². The molecule has 6 bridgehead atoms. The third kappa shape index (κ3) is 7.09. The number of hydrogen-bond acceptors (Lipinski definition) is 17. The summed E-state index contributed by atoms with van der Waals surface area (Å²) in [5.41, 5.74) is 0.571. The number of carbonyl (C=O) groups is 2. The Bertz CT molecular complexity index is 1560. The molecule has 4 aliphatic heterocycles. The summed E-state index contributed by atoms with van der Waals surface area (Å²) in [4.78, 5) is 24.8. The Hall–Kier alpha value is -4.24. The maximum Gasteiger partial charge on any atom is 0.335 e. The van der Waals surface area contributed by atoms with Gasteiger partial charge in [0, 0.05) is 12.1 Å². The topological polar surface area (TPSA) is 284 Å². The fourth-order valence-corrected chi connectivity index (χ4v) is 5.66. The van der Waals surface area contributed by atoms with E-state index in [9.17, 15) is 55.5 Å². The lowest BCUT2D eigenvalue weighted by Gasteiger charge is -2.41. The number of hydrogen-bond donors (Lipinski definition) is 9. The molecule has 0 amide bonds. The molecular formula is C31H35O18+. The Morgan fingerprint density at radius 1 is 0.673 bits per heavy atom. The summed E-state index contributed by atoms with van der Waals surface area (Å²) in [6.45, 7) is -1.47. The summed E-state index contributed by atoms with van der Waals surface area (Å²) < 4.78 is 37.9. The van der Waals surface area contributed by atoms with E-state index in [1.54, 1.807) is 0 Å². The lowest BCUT2D eigenvalue weighted by molar-refractivity contribution is -0.296. The molecule has 0 aliphatic carbocycles. The van der Waals surface area contributed by atoms with Gasteiger partial charge in [0.15, 0.2) is 11.9 Å². The van der Waals surface area contributed by atoms with Crippen molar-refractivity contribution in [3.8, 4) is 23.0 Å². The number of carbonyl (C=O) groups excluding carboxylic acids is 2. The maximum absolute atomic E-state index is 12.4. The van der Waals surface area contributed by atoms with Gasteiger partial charge in [-0.05, 0) is 24.3 Å². The van der Waals surface area contributed by atoms with Gasteiger partial charge < -0.3 is 79.1 Å². The fourth-order valence-electron chi connectivity index (χ4n) is 5.66. The SMILES string of the molecule is O=C1CC(O)C(=O)OCC2OC(Oc3cc(O)cc4c3C=C(OC3OC(CO1)C(O)C(O)C3O)C(c1ccc(O)cc1)[OH+]4)C(O)C(O)C2O. The third-order valence-electron chi connectivity index (χ3n) is 8.40. The van der Waals surface area contributed by atoms with E-state index in [2.05, 4.69) is 4.74 Å². The summed E-state index contributed by atoms with van der Waals surface area (Å²) in [7, 11) is 0. The molecule has 12 unspecified atom stereocenters. The first-order valence-electron chi connectivity index (χ1n) is 15.1. The van der Waals surface area contributed by atoms with Crippen molar-refractivity contribution in [2.45, 2.75) is 80.0 Å². The zero-order valence-electron chi connectivity index (χ0n) is 25.3. The van der Waals surface area contributed by atoms with Crippen LogP contribution in [0.3, 0.4) is 0 Å². The molecule has 2 aromatic carbocycles.